The van der Waals surface area contributed by atoms with Gasteiger partial charge in [0.05, 0.1) is 0 Å². The number of aromatic hydroxyl groups is 1. The Morgan fingerprint density at radius 1 is 0.727 bits per heavy atom. The number of hydrogen-bond donors (Lipinski definition) is 1. The predicted octanol–water partition coefficient (Wildman–Crippen LogP) is 5.12. The van der Waals surface area contributed by atoms with Crippen LogP contribution < -0.4 is 0 Å². The molecule has 0 saturated heterocycles. The maximum absolute atomic E-state index is 9.65. The predicted molar refractivity (Wildman–Crippen MR) is 93.3 cm³/mol. The average molecular weight is 337 g/mol. The molecular formula is C18H32CaO3. The first kappa shape index (κ1) is 27.1. The van der Waals surface area contributed by atoms with Crippen LogP contribution in [0.2, 0.25) is 0 Å². The second-order valence-electron chi connectivity index (χ2n) is 5.56. The van der Waals surface area contributed by atoms with Crippen molar-refractivity contribution in [3.63, 3.8) is 0 Å². The van der Waals surface area contributed by atoms with Gasteiger partial charge in [0.15, 0.2) is 0 Å². The number of rotatable bonds is 11. The Balaban J connectivity index is -0.00000120. The SMILES string of the molecule is CCCCCCCCCCCCc1ccccc1O.[Ca+2].[OH-].[OH-]. The molecule has 4 heteroatoms. The summed E-state index contributed by atoms with van der Waals surface area (Å²) >= 11 is 0. The standard InChI is InChI=1S/C18H30O.Ca.2H2O/c1-2-3-4-5-6-7-8-9-10-11-14-17-15-12-13-16-18(17)19;;;/h12-13,15-16,19H,2-11,14H2,1H3;;2*1H2/q;+2;;/p-2. The Morgan fingerprint density at radius 3 is 1.68 bits per heavy atom. The van der Waals surface area contributed by atoms with Gasteiger partial charge in [-0.3, -0.25) is 0 Å². The molecule has 0 fully saturated rings. The molecular weight excluding hydrogens is 304 g/mol. The molecule has 0 spiro atoms. The molecule has 22 heavy (non-hydrogen) atoms. The van der Waals surface area contributed by atoms with Gasteiger partial charge in [-0.25, -0.2) is 0 Å². The van der Waals surface area contributed by atoms with Gasteiger partial charge in [0.1, 0.15) is 5.75 Å². The molecule has 0 amide bonds. The maximum Gasteiger partial charge on any atom is 2.00 e. The number of aryl methyl sites for hydroxylation is 1. The first-order valence-corrected chi connectivity index (χ1v) is 8.11. The van der Waals surface area contributed by atoms with Crippen LogP contribution >= 0.6 is 0 Å². The van der Waals surface area contributed by atoms with Crippen molar-refractivity contribution in [1.82, 2.24) is 0 Å². The van der Waals surface area contributed by atoms with E-state index in [1.165, 1.54) is 64.2 Å². The zero-order valence-electron chi connectivity index (χ0n) is 14.1. The van der Waals surface area contributed by atoms with Gasteiger partial charge in [0.2, 0.25) is 0 Å². The Morgan fingerprint density at radius 2 is 1.18 bits per heavy atom. The fourth-order valence-electron chi connectivity index (χ4n) is 2.53. The molecule has 1 aromatic rings. The van der Waals surface area contributed by atoms with Crippen LogP contribution in [0.1, 0.15) is 76.7 Å². The molecule has 0 bridgehead atoms. The van der Waals surface area contributed by atoms with Gasteiger partial charge in [-0.2, -0.15) is 0 Å². The topological polar surface area (TPSA) is 80.2 Å². The van der Waals surface area contributed by atoms with Gasteiger partial charge in [-0.1, -0.05) is 82.9 Å². The number of phenolic OH excluding ortho intramolecular Hbond substituents is 1. The number of para-hydroxylation sites is 1. The minimum absolute atomic E-state index is 0. The minimum atomic E-state index is 0. The summed E-state index contributed by atoms with van der Waals surface area (Å²) in [5, 5.41) is 9.65. The van der Waals surface area contributed by atoms with Gasteiger partial charge in [0.25, 0.3) is 0 Å². The van der Waals surface area contributed by atoms with E-state index >= 15 is 0 Å². The van der Waals surface area contributed by atoms with Crippen molar-refractivity contribution in [2.45, 2.75) is 77.6 Å². The van der Waals surface area contributed by atoms with Gasteiger partial charge in [-0.05, 0) is 24.5 Å². The van der Waals surface area contributed by atoms with Gasteiger partial charge in [-0.15, -0.1) is 0 Å². The molecule has 0 aromatic heterocycles. The summed E-state index contributed by atoms with van der Waals surface area (Å²) in [5.41, 5.74) is 1.10. The Labute approximate surface area is 166 Å². The van der Waals surface area contributed by atoms with Crippen molar-refractivity contribution in [2.75, 3.05) is 0 Å². The van der Waals surface area contributed by atoms with Crippen LogP contribution in [0.4, 0.5) is 0 Å². The van der Waals surface area contributed by atoms with E-state index in [4.69, 9.17) is 0 Å². The van der Waals surface area contributed by atoms with Gasteiger partial charge < -0.3 is 16.1 Å². The molecule has 0 atom stereocenters. The molecule has 0 heterocycles. The van der Waals surface area contributed by atoms with E-state index in [0.717, 1.165) is 12.0 Å². The molecule has 124 valence electrons. The van der Waals surface area contributed by atoms with E-state index in [2.05, 4.69) is 6.92 Å². The van der Waals surface area contributed by atoms with Gasteiger partial charge >= 0.3 is 37.7 Å². The van der Waals surface area contributed by atoms with E-state index in [0.29, 0.717) is 5.75 Å². The molecule has 3 N–H and O–H groups in total. The van der Waals surface area contributed by atoms with Crippen LogP contribution in [0.3, 0.4) is 0 Å². The Bertz CT molecular complexity index is 332. The molecule has 3 nitrogen and oxygen atoms in total. The smallest absolute Gasteiger partial charge is 0.870 e. The van der Waals surface area contributed by atoms with Crippen molar-refractivity contribution < 1.29 is 16.1 Å². The fraction of sp³-hybridized carbons (Fsp3) is 0.667. The molecule has 0 aliphatic rings. The van der Waals surface area contributed by atoms with Crippen LogP contribution in [-0.2, 0) is 6.42 Å². The van der Waals surface area contributed by atoms with Crippen molar-refractivity contribution in [3.8, 4) is 5.75 Å². The Kier molecular flexibility index (Phi) is 23.7. The zero-order valence-corrected chi connectivity index (χ0v) is 16.3. The van der Waals surface area contributed by atoms with E-state index < -0.39 is 0 Å². The second kappa shape index (κ2) is 19.2. The van der Waals surface area contributed by atoms with Crippen LogP contribution in [0.25, 0.3) is 0 Å². The molecule has 0 radical (unpaired) electrons. The van der Waals surface area contributed by atoms with E-state index in [1.807, 2.05) is 18.2 Å². The van der Waals surface area contributed by atoms with E-state index in [1.54, 1.807) is 6.07 Å². The second-order valence-corrected chi connectivity index (χ2v) is 5.56. The van der Waals surface area contributed by atoms with Crippen molar-refractivity contribution >= 4 is 37.7 Å². The summed E-state index contributed by atoms with van der Waals surface area (Å²) in [6.45, 7) is 2.27. The van der Waals surface area contributed by atoms with Crippen LogP contribution in [0.15, 0.2) is 24.3 Å². The summed E-state index contributed by atoms with van der Waals surface area (Å²) in [6.07, 6.45) is 14.6. The minimum Gasteiger partial charge on any atom is -0.870 e. The molecule has 0 aliphatic carbocycles. The first-order valence-electron chi connectivity index (χ1n) is 8.11. The average Bonchev–Trinajstić information content (AvgIpc) is 2.43. The first-order chi connectivity index (χ1) is 9.34. The molecule has 0 unspecified atom stereocenters. The largest absolute Gasteiger partial charge is 2.00 e. The van der Waals surface area contributed by atoms with Crippen molar-refractivity contribution in [3.05, 3.63) is 29.8 Å². The maximum atomic E-state index is 9.65. The summed E-state index contributed by atoms with van der Waals surface area (Å²) in [4.78, 5) is 0. The normalized spacial score (nSPS) is 9.32. The number of benzene rings is 1. The third-order valence-corrected chi connectivity index (χ3v) is 3.79. The molecule has 0 saturated carbocycles. The molecule has 1 rings (SSSR count). The Hall–Kier alpha value is 0.200. The third kappa shape index (κ3) is 13.8. The fourth-order valence-corrected chi connectivity index (χ4v) is 2.53. The van der Waals surface area contributed by atoms with Gasteiger partial charge in [0, 0.05) is 0 Å². The van der Waals surface area contributed by atoms with Crippen LogP contribution in [0, 0.1) is 0 Å². The quantitative estimate of drug-likeness (QED) is 0.450. The van der Waals surface area contributed by atoms with Crippen LogP contribution in [0.5, 0.6) is 5.75 Å². The van der Waals surface area contributed by atoms with Crippen molar-refractivity contribution in [2.24, 2.45) is 0 Å². The molecule has 1 aromatic carbocycles. The summed E-state index contributed by atoms with van der Waals surface area (Å²) in [7, 11) is 0. The number of unbranched alkanes of at least 4 members (excludes halogenated alkanes) is 9. The van der Waals surface area contributed by atoms with E-state index in [9.17, 15) is 5.11 Å². The number of hydrogen-bond acceptors (Lipinski definition) is 3. The monoisotopic (exact) mass is 336 g/mol. The third-order valence-electron chi connectivity index (χ3n) is 3.79. The van der Waals surface area contributed by atoms with E-state index in [-0.39, 0.29) is 48.7 Å². The van der Waals surface area contributed by atoms with Crippen LogP contribution in [-0.4, -0.2) is 53.8 Å². The summed E-state index contributed by atoms with van der Waals surface area (Å²) in [6, 6.07) is 7.71. The zero-order chi connectivity index (χ0) is 13.8. The molecule has 0 aliphatic heterocycles. The number of phenols is 1. The van der Waals surface area contributed by atoms with Crippen molar-refractivity contribution in [1.29, 1.82) is 0 Å². The summed E-state index contributed by atoms with van der Waals surface area (Å²) < 4.78 is 0. The summed E-state index contributed by atoms with van der Waals surface area (Å²) in [5.74, 6) is 0.457.